The zero-order chi connectivity index (χ0) is 14.7. The van der Waals surface area contributed by atoms with Crippen LogP contribution in [0.3, 0.4) is 0 Å². The van der Waals surface area contributed by atoms with E-state index in [1.165, 1.54) is 0 Å². The first-order chi connectivity index (χ1) is 10.3. The topological polar surface area (TPSA) is 54.5 Å². The molecular weight excluding hydrogens is 284 g/mol. The van der Waals surface area contributed by atoms with E-state index in [2.05, 4.69) is 11.1 Å². The Bertz CT molecular complexity index is 624. The Kier molecular flexibility index (Phi) is 4.18. The highest BCUT2D eigenvalue weighted by atomic mass is 35.5. The lowest BCUT2D eigenvalue weighted by Crippen LogP contribution is -2.18. The SMILES string of the molecule is NCCC1=NN(c2ccc(Cl)cc2)C(c2cccnc2)C1. The van der Waals surface area contributed by atoms with E-state index in [9.17, 15) is 0 Å². The van der Waals surface area contributed by atoms with E-state index in [-0.39, 0.29) is 6.04 Å². The molecule has 1 unspecified atom stereocenters. The Balaban J connectivity index is 1.94. The first-order valence-corrected chi connectivity index (χ1v) is 7.37. The quantitative estimate of drug-likeness (QED) is 0.941. The van der Waals surface area contributed by atoms with E-state index in [1.54, 1.807) is 6.20 Å². The van der Waals surface area contributed by atoms with Crippen LogP contribution in [-0.4, -0.2) is 17.2 Å². The van der Waals surface area contributed by atoms with Gasteiger partial charge in [-0.3, -0.25) is 9.99 Å². The summed E-state index contributed by atoms with van der Waals surface area (Å²) in [6, 6.07) is 11.9. The number of nitrogens with two attached hydrogens (primary N) is 1. The van der Waals surface area contributed by atoms with Crippen molar-refractivity contribution in [2.24, 2.45) is 10.8 Å². The first-order valence-electron chi connectivity index (χ1n) is 6.99. The smallest absolute Gasteiger partial charge is 0.0843 e. The number of rotatable bonds is 4. The summed E-state index contributed by atoms with van der Waals surface area (Å²) in [5.74, 6) is 0. The number of anilines is 1. The maximum absolute atomic E-state index is 5.97. The number of hydrogen-bond acceptors (Lipinski definition) is 4. The third-order valence-corrected chi connectivity index (χ3v) is 3.82. The van der Waals surface area contributed by atoms with E-state index in [0.717, 1.165) is 34.8 Å². The number of halogens is 1. The number of benzene rings is 1. The van der Waals surface area contributed by atoms with Gasteiger partial charge >= 0.3 is 0 Å². The van der Waals surface area contributed by atoms with Gasteiger partial charge in [0.15, 0.2) is 0 Å². The van der Waals surface area contributed by atoms with E-state index >= 15 is 0 Å². The summed E-state index contributed by atoms with van der Waals surface area (Å²) in [5.41, 5.74) is 8.98. The third-order valence-electron chi connectivity index (χ3n) is 3.57. The molecule has 1 aromatic carbocycles. The average Bonchev–Trinajstić information content (AvgIpc) is 2.93. The summed E-state index contributed by atoms with van der Waals surface area (Å²) in [4.78, 5) is 4.22. The molecule has 3 rings (SSSR count). The van der Waals surface area contributed by atoms with Gasteiger partial charge in [-0.25, -0.2) is 0 Å². The Hall–Kier alpha value is -1.91. The average molecular weight is 301 g/mol. The van der Waals surface area contributed by atoms with Gasteiger partial charge in [-0.2, -0.15) is 5.10 Å². The number of aromatic nitrogens is 1. The normalized spacial score (nSPS) is 17.9. The molecular formula is C16H17ClN4. The Morgan fingerprint density at radius 1 is 1.24 bits per heavy atom. The molecule has 1 aliphatic heterocycles. The van der Waals surface area contributed by atoms with Crippen molar-refractivity contribution in [3.05, 3.63) is 59.4 Å². The van der Waals surface area contributed by atoms with Crippen LogP contribution in [-0.2, 0) is 0 Å². The van der Waals surface area contributed by atoms with Crippen LogP contribution in [0.15, 0.2) is 53.9 Å². The predicted molar refractivity (Wildman–Crippen MR) is 86.6 cm³/mol. The molecule has 0 fully saturated rings. The van der Waals surface area contributed by atoms with E-state index in [0.29, 0.717) is 6.54 Å². The molecule has 0 amide bonds. The van der Waals surface area contributed by atoms with Crippen LogP contribution in [0.25, 0.3) is 0 Å². The highest BCUT2D eigenvalue weighted by Gasteiger charge is 2.28. The highest BCUT2D eigenvalue weighted by Crippen LogP contribution is 2.35. The van der Waals surface area contributed by atoms with Crippen LogP contribution < -0.4 is 10.7 Å². The lowest BCUT2D eigenvalue weighted by atomic mass is 10.0. The third kappa shape index (κ3) is 3.06. The summed E-state index contributed by atoms with van der Waals surface area (Å²) in [7, 11) is 0. The van der Waals surface area contributed by atoms with Crippen LogP contribution in [0.2, 0.25) is 5.02 Å². The second-order valence-corrected chi connectivity index (χ2v) is 5.47. The highest BCUT2D eigenvalue weighted by molar-refractivity contribution is 6.30. The molecule has 2 heterocycles. The van der Waals surface area contributed by atoms with E-state index in [1.807, 2.05) is 41.5 Å². The molecule has 1 aromatic heterocycles. The van der Waals surface area contributed by atoms with Gasteiger partial charge < -0.3 is 5.73 Å². The van der Waals surface area contributed by atoms with E-state index < -0.39 is 0 Å². The molecule has 0 bridgehead atoms. The number of hydrazone groups is 1. The summed E-state index contributed by atoms with van der Waals surface area (Å²) >= 11 is 5.97. The van der Waals surface area contributed by atoms with E-state index in [4.69, 9.17) is 22.4 Å². The van der Waals surface area contributed by atoms with Gasteiger partial charge in [-0.1, -0.05) is 17.7 Å². The van der Waals surface area contributed by atoms with Crippen LogP contribution in [0.4, 0.5) is 5.69 Å². The largest absolute Gasteiger partial charge is 0.330 e. The van der Waals surface area contributed by atoms with Gasteiger partial charge in [-0.15, -0.1) is 0 Å². The Morgan fingerprint density at radius 3 is 2.71 bits per heavy atom. The number of nitrogens with zero attached hydrogens (tertiary/aromatic N) is 3. The lowest BCUT2D eigenvalue weighted by Gasteiger charge is -2.23. The summed E-state index contributed by atoms with van der Waals surface area (Å²) in [6.07, 6.45) is 5.38. The molecule has 5 heteroatoms. The molecule has 108 valence electrons. The van der Waals surface area contributed by atoms with Crippen LogP contribution in [0.5, 0.6) is 0 Å². The molecule has 2 aromatic rings. The van der Waals surface area contributed by atoms with Crippen molar-refractivity contribution in [1.29, 1.82) is 0 Å². The maximum atomic E-state index is 5.97. The minimum absolute atomic E-state index is 0.168. The lowest BCUT2D eigenvalue weighted by molar-refractivity contribution is 0.704. The first kappa shape index (κ1) is 14.0. The van der Waals surface area contributed by atoms with Gasteiger partial charge in [0.1, 0.15) is 0 Å². The van der Waals surface area contributed by atoms with Crippen LogP contribution in [0.1, 0.15) is 24.4 Å². The second kappa shape index (κ2) is 6.24. The fourth-order valence-electron chi connectivity index (χ4n) is 2.55. The fourth-order valence-corrected chi connectivity index (χ4v) is 2.68. The van der Waals surface area contributed by atoms with Crippen molar-refractivity contribution in [1.82, 2.24) is 4.98 Å². The summed E-state index contributed by atoms with van der Waals surface area (Å²) in [5, 5.41) is 7.50. The molecule has 21 heavy (non-hydrogen) atoms. The van der Waals surface area contributed by atoms with Crippen molar-refractivity contribution in [3.63, 3.8) is 0 Å². The summed E-state index contributed by atoms with van der Waals surface area (Å²) < 4.78 is 0. The number of pyridine rings is 1. The van der Waals surface area contributed by atoms with Crippen LogP contribution >= 0.6 is 11.6 Å². The van der Waals surface area contributed by atoms with Crippen molar-refractivity contribution < 1.29 is 0 Å². The molecule has 1 aliphatic rings. The van der Waals surface area contributed by atoms with Gasteiger partial charge in [0.05, 0.1) is 11.7 Å². The Labute approximate surface area is 129 Å². The minimum Gasteiger partial charge on any atom is -0.330 e. The molecule has 1 atom stereocenters. The minimum atomic E-state index is 0.168. The van der Waals surface area contributed by atoms with Gasteiger partial charge in [0.2, 0.25) is 0 Å². The second-order valence-electron chi connectivity index (χ2n) is 5.03. The molecule has 0 aliphatic carbocycles. The fraction of sp³-hybridized carbons (Fsp3) is 0.250. The van der Waals surface area contributed by atoms with Crippen molar-refractivity contribution in [2.45, 2.75) is 18.9 Å². The van der Waals surface area contributed by atoms with Gasteiger partial charge in [0, 0.05) is 29.5 Å². The standard InChI is InChI=1S/C16H17ClN4/c17-13-3-5-15(6-4-13)21-16(10-14(20-21)7-8-18)12-2-1-9-19-11-12/h1-6,9,11,16H,7-8,10,18H2. The van der Waals surface area contributed by atoms with Crippen LogP contribution in [0, 0.1) is 0 Å². The van der Waals surface area contributed by atoms with Crippen molar-refractivity contribution in [2.75, 3.05) is 11.6 Å². The molecule has 0 saturated heterocycles. The molecule has 4 nitrogen and oxygen atoms in total. The predicted octanol–water partition coefficient (Wildman–Crippen LogP) is 3.39. The molecule has 0 radical (unpaired) electrons. The molecule has 0 spiro atoms. The maximum Gasteiger partial charge on any atom is 0.0843 e. The van der Waals surface area contributed by atoms with Crippen molar-refractivity contribution in [3.8, 4) is 0 Å². The monoisotopic (exact) mass is 300 g/mol. The zero-order valence-corrected chi connectivity index (χ0v) is 12.4. The van der Waals surface area contributed by atoms with Gasteiger partial charge in [0.25, 0.3) is 0 Å². The molecule has 2 N–H and O–H groups in total. The van der Waals surface area contributed by atoms with Gasteiger partial charge in [-0.05, 0) is 48.9 Å². The Morgan fingerprint density at radius 2 is 2.05 bits per heavy atom. The summed E-state index contributed by atoms with van der Waals surface area (Å²) in [6.45, 7) is 0.618. The van der Waals surface area contributed by atoms with Crippen molar-refractivity contribution >= 4 is 23.0 Å². The molecule has 0 saturated carbocycles. The zero-order valence-electron chi connectivity index (χ0n) is 11.6. The number of hydrogen-bond donors (Lipinski definition) is 1.